The van der Waals surface area contributed by atoms with Crippen molar-refractivity contribution in [1.82, 2.24) is 19.9 Å². The molecule has 6 nitrogen and oxygen atoms in total. The van der Waals surface area contributed by atoms with Gasteiger partial charge in [-0.3, -0.25) is 4.79 Å². The third kappa shape index (κ3) is 4.58. The van der Waals surface area contributed by atoms with Crippen LogP contribution in [0.5, 0.6) is 5.75 Å². The lowest BCUT2D eigenvalue weighted by atomic mass is 10.1. The average molecular weight is 419 g/mol. The molecule has 1 amide bonds. The number of carbonyl (C=O) groups excluding carboxylic acids is 1. The first-order valence-electron chi connectivity index (χ1n) is 9.59. The standard InChI is InChI=1S/C23H22N4O2S/c1-16(17-3-7-20(8-4-17)27-12-11-24-15-27)25-22(28)13-19-14-30-23(26-19)18-5-9-21(29-2)10-6-18/h3-12,14-16H,13H2,1-2H3,(H,25,28)/t16-/m0/s1. The van der Waals surface area contributed by atoms with Gasteiger partial charge in [-0.15, -0.1) is 11.3 Å². The molecular weight excluding hydrogens is 396 g/mol. The van der Waals surface area contributed by atoms with Crippen molar-refractivity contribution in [1.29, 1.82) is 0 Å². The van der Waals surface area contributed by atoms with Gasteiger partial charge in [0.05, 0.1) is 31.6 Å². The second kappa shape index (κ2) is 8.92. The molecule has 0 unspecified atom stereocenters. The van der Waals surface area contributed by atoms with E-state index in [2.05, 4.69) is 15.3 Å². The Morgan fingerprint density at radius 2 is 1.93 bits per heavy atom. The number of aromatic nitrogens is 3. The summed E-state index contributed by atoms with van der Waals surface area (Å²) in [6, 6.07) is 15.7. The predicted molar refractivity (Wildman–Crippen MR) is 118 cm³/mol. The number of carbonyl (C=O) groups is 1. The van der Waals surface area contributed by atoms with Crippen molar-refractivity contribution in [2.24, 2.45) is 0 Å². The number of hydrogen-bond acceptors (Lipinski definition) is 5. The number of rotatable bonds is 7. The molecule has 4 rings (SSSR count). The van der Waals surface area contributed by atoms with Gasteiger partial charge in [-0.25, -0.2) is 9.97 Å². The minimum Gasteiger partial charge on any atom is -0.497 e. The lowest BCUT2D eigenvalue weighted by Gasteiger charge is -2.14. The molecule has 4 aromatic rings. The Balaban J connectivity index is 1.35. The largest absolute Gasteiger partial charge is 0.497 e. The van der Waals surface area contributed by atoms with Gasteiger partial charge in [-0.05, 0) is 48.9 Å². The van der Waals surface area contributed by atoms with Crippen molar-refractivity contribution >= 4 is 17.2 Å². The monoisotopic (exact) mass is 418 g/mol. The molecule has 0 fully saturated rings. The number of benzene rings is 2. The Morgan fingerprint density at radius 3 is 2.60 bits per heavy atom. The third-order valence-corrected chi connectivity index (χ3v) is 5.74. The summed E-state index contributed by atoms with van der Waals surface area (Å²) in [5.41, 5.74) is 3.86. The summed E-state index contributed by atoms with van der Waals surface area (Å²) < 4.78 is 7.13. The first-order valence-corrected chi connectivity index (χ1v) is 10.5. The maximum Gasteiger partial charge on any atom is 0.226 e. The maximum absolute atomic E-state index is 12.5. The summed E-state index contributed by atoms with van der Waals surface area (Å²) in [5.74, 6) is 0.759. The van der Waals surface area contributed by atoms with Gasteiger partial charge in [0.15, 0.2) is 0 Å². The molecule has 2 aromatic heterocycles. The fourth-order valence-corrected chi connectivity index (χ4v) is 3.97. The molecule has 2 heterocycles. The summed E-state index contributed by atoms with van der Waals surface area (Å²) >= 11 is 1.53. The first-order chi connectivity index (χ1) is 14.6. The van der Waals surface area contributed by atoms with Crippen LogP contribution in [0.4, 0.5) is 0 Å². The summed E-state index contributed by atoms with van der Waals surface area (Å²) in [6.07, 6.45) is 5.65. The van der Waals surface area contributed by atoms with Crippen molar-refractivity contribution in [3.63, 3.8) is 0 Å². The molecule has 0 aliphatic carbocycles. The van der Waals surface area contributed by atoms with Gasteiger partial charge in [0.25, 0.3) is 0 Å². The van der Waals surface area contributed by atoms with Crippen LogP contribution < -0.4 is 10.1 Å². The molecule has 1 N–H and O–H groups in total. The highest BCUT2D eigenvalue weighted by Gasteiger charge is 2.13. The molecule has 0 aliphatic rings. The number of nitrogens with one attached hydrogen (secondary N) is 1. The van der Waals surface area contributed by atoms with Crippen LogP contribution in [0.1, 0.15) is 24.2 Å². The summed E-state index contributed by atoms with van der Waals surface area (Å²) in [7, 11) is 1.64. The highest BCUT2D eigenvalue weighted by atomic mass is 32.1. The maximum atomic E-state index is 12.5. The lowest BCUT2D eigenvalue weighted by molar-refractivity contribution is -0.121. The average Bonchev–Trinajstić information content (AvgIpc) is 3.46. The van der Waals surface area contributed by atoms with Crippen LogP contribution in [0.25, 0.3) is 16.3 Å². The summed E-state index contributed by atoms with van der Waals surface area (Å²) in [4.78, 5) is 21.2. The van der Waals surface area contributed by atoms with E-state index >= 15 is 0 Å². The fraction of sp³-hybridized carbons (Fsp3) is 0.174. The summed E-state index contributed by atoms with van der Waals surface area (Å²) in [5, 5.41) is 5.88. The number of nitrogens with zero attached hydrogens (tertiary/aromatic N) is 3. The van der Waals surface area contributed by atoms with Crippen LogP contribution in [-0.2, 0) is 11.2 Å². The van der Waals surface area contributed by atoms with Crippen molar-refractivity contribution in [3.8, 4) is 22.0 Å². The van der Waals surface area contributed by atoms with E-state index in [1.165, 1.54) is 11.3 Å². The molecule has 0 bridgehead atoms. The molecule has 1 atom stereocenters. The number of methoxy groups -OCH3 is 1. The molecular formula is C23H22N4O2S. The van der Waals surface area contributed by atoms with E-state index in [1.54, 1.807) is 19.6 Å². The highest BCUT2D eigenvalue weighted by Crippen LogP contribution is 2.26. The zero-order chi connectivity index (χ0) is 20.9. The van der Waals surface area contributed by atoms with Crippen molar-refractivity contribution < 1.29 is 9.53 Å². The van der Waals surface area contributed by atoms with E-state index in [9.17, 15) is 4.79 Å². The number of ether oxygens (including phenoxy) is 1. The van der Waals surface area contributed by atoms with Gasteiger partial charge in [-0.1, -0.05) is 12.1 Å². The zero-order valence-corrected chi connectivity index (χ0v) is 17.6. The van der Waals surface area contributed by atoms with E-state index in [1.807, 2.05) is 71.6 Å². The minimum atomic E-state index is -0.0889. The Hall–Kier alpha value is -3.45. The summed E-state index contributed by atoms with van der Waals surface area (Å²) in [6.45, 7) is 1.98. The molecule has 7 heteroatoms. The van der Waals surface area contributed by atoms with E-state index < -0.39 is 0 Å². The Labute approximate surface area is 179 Å². The van der Waals surface area contributed by atoms with Crippen molar-refractivity contribution in [2.75, 3.05) is 7.11 Å². The van der Waals surface area contributed by atoms with E-state index in [4.69, 9.17) is 4.74 Å². The Kier molecular flexibility index (Phi) is 5.90. The van der Waals surface area contributed by atoms with Crippen molar-refractivity contribution in [2.45, 2.75) is 19.4 Å². The van der Waals surface area contributed by atoms with Gasteiger partial charge >= 0.3 is 0 Å². The van der Waals surface area contributed by atoms with E-state index in [-0.39, 0.29) is 18.4 Å². The van der Waals surface area contributed by atoms with Gasteiger partial charge in [0.1, 0.15) is 10.8 Å². The van der Waals surface area contributed by atoms with Crippen LogP contribution >= 0.6 is 11.3 Å². The predicted octanol–water partition coefficient (Wildman–Crippen LogP) is 4.42. The molecule has 152 valence electrons. The number of thiazole rings is 1. The third-order valence-electron chi connectivity index (χ3n) is 4.80. The number of hydrogen-bond donors (Lipinski definition) is 1. The first kappa shape index (κ1) is 19.8. The minimum absolute atomic E-state index is 0.0484. The lowest BCUT2D eigenvalue weighted by Crippen LogP contribution is -2.28. The van der Waals surface area contributed by atoms with Crippen LogP contribution in [0.15, 0.2) is 72.6 Å². The highest BCUT2D eigenvalue weighted by molar-refractivity contribution is 7.13. The Morgan fingerprint density at radius 1 is 1.17 bits per heavy atom. The molecule has 0 spiro atoms. The molecule has 0 saturated heterocycles. The second-order valence-corrected chi connectivity index (χ2v) is 7.76. The normalized spacial score (nSPS) is 11.8. The molecule has 0 saturated carbocycles. The topological polar surface area (TPSA) is 69.0 Å². The van der Waals surface area contributed by atoms with E-state index in [0.29, 0.717) is 0 Å². The fourth-order valence-electron chi connectivity index (χ4n) is 3.14. The molecule has 30 heavy (non-hydrogen) atoms. The van der Waals surface area contributed by atoms with Crippen LogP contribution in [0.2, 0.25) is 0 Å². The van der Waals surface area contributed by atoms with Gasteiger partial charge in [0.2, 0.25) is 5.91 Å². The molecule has 0 aliphatic heterocycles. The molecule has 0 radical (unpaired) electrons. The quantitative estimate of drug-likeness (QED) is 0.482. The number of imidazole rings is 1. The van der Waals surface area contributed by atoms with E-state index in [0.717, 1.165) is 33.3 Å². The van der Waals surface area contributed by atoms with Crippen molar-refractivity contribution in [3.05, 3.63) is 83.9 Å². The smallest absolute Gasteiger partial charge is 0.226 e. The molecule has 2 aromatic carbocycles. The van der Waals surface area contributed by atoms with Gasteiger partial charge in [0, 0.05) is 29.0 Å². The van der Waals surface area contributed by atoms with Crippen LogP contribution in [0.3, 0.4) is 0 Å². The Bertz CT molecular complexity index is 1100. The van der Waals surface area contributed by atoms with Crippen LogP contribution in [-0.4, -0.2) is 27.6 Å². The second-order valence-electron chi connectivity index (χ2n) is 6.90. The van der Waals surface area contributed by atoms with Gasteiger partial charge in [-0.2, -0.15) is 0 Å². The SMILES string of the molecule is COc1ccc(-c2nc(CC(=O)N[C@@H](C)c3ccc(-n4ccnc4)cc3)cs2)cc1. The zero-order valence-electron chi connectivity index (χ0n) is 16.8. The van der Waals surface area contributed by atoms with Gasteiger partial charge < -0.3 is 14.6 Å². The number of amides is 1. The van der Waals surface area contributed by atoms with Crippen LogP contribution in [0, 0.1) is 0 Å².